The lowest BCUT2D eigenvalue weighted by atomic mass is 9.48. The number of hydrogen-bond acceptors (Lipinski definition) is 4. The second-order valence-electron chi connectivity index (χ2n) is 11.4. The van der Waals surface area contributed by atoms with E-state index in [4.69, 9.17) is 14.2 Å². The van der Waals surface area contributed by atoms with Crippen LogP contribution in [0.25, 0.3) is 0 Å². The minimum atomic E-state index is -0.614. The molecule has 4 aliphatic rings. The number of allylic oxidation sites excluding steroid dienone is 1. The Balaban J connectivity index is 1.32. The number of methoxy groups -OCH3 is 1. The van der Waals surface area contributed by atoms with Crippen LogP contribution in [0.3, 0.4) is 0 Å². The average molecular weight is 485 g/mol. The first-order valence-corrected chi connectivity index (χ1v) is 13.3. The summed E-state index contributed by atoms with van der Waals surface area (Å²) in [7, 11) is 1.74. The molecule has 2 bridgehead atoms. The summed E-state index contributed by atoms with van der Waals surface area (Å²) in [6, 6.07) is 16.8. The number of carbonyl (C=O) groups is 1. The first-order valence-electron chi connectivity index (χ1n) is 13.3. The molecule has 0 aliphatic heterocycles. The van der Waals surface area contributed by atoms with Crippen molar-refractivity contribution in [1.29, 1.82) is 0 Å². The number of carbonyl (C=O) groups excluding carboxylic acids is 1. The van der Waals surface area contributed by atoms with Crippen molar-refractivity contribution in [1.82, 2.24) is 0 Å². The lowest BCUT2D eigenvalue weighted by Crippen LogP contribution is -2.54. The predicted molar refractivity (Wildman–Crippen MR) is 139 cm³/mol. The fourth-order valence-corrected chi connectivity index (χ4v) is 8.43. The van der Waals surface area contributed by atoms with Crippen LogP contribution in [-0.4, -0.2) is 18.7 Å². The number of ether oxygens (including phenoxy) is 3. The number of rotatable bonds is 6. The monoisotopic (exact) mass is 484 g/mol. The van der Waals surface area contributed by atoms with Gasteiger partial charge in [0.2, 0.25) is 0 Å². The summed E-state index contributed by atoms with van der Waals surface area (Å²) in [6.07, 6.45) is 14.1. The molecule has 2 aromatic carbocycles. The lowest BCUT2D eigenvalue weighted by Gasteiger charge is -2.56. The van der Waals surface area contributed by atoms with Crippen LogP contribution in [0.4, 0.5) is 0 Å². The Morgan fingerprint density at radius 2 is 1.94 bits per heavy atom. The lowest BCUT2D eigenvalue weighted by molar-refractivity contribution is -0.171. The smallest absolute Gasteiger partial charge is 0.303 e. The number of aryl methyl sites for hydroxylation is 1. The van der Waals surface area contributed by atoms with Crippen LogP contribution in [0.1, 0.15) is 62.1 Å². The van der Waals surface area contributed by atoms with Gasteiger partial charge in [0.15, 0.2) is 0 Å². The van der Waals surface area contributed by atoms with Gasteiger partial charge >= 0.3 is 5.97 Å². The largest absolute Gasteiger partial charge is 0.497 e. The Labute approximate surface area is 214 Å². The Morgan fingerprint density at radius 3 is 2.72 bits per heavy atom. The van der Waals surface area contributed by atoms with E-state index in [9.17, 15) is 4.79 Å². The molecule has 0 radical (unpaired) electrons. The molecular formula is C32H36O4. The quantitative estimate of drug-likeness (QED) is 0.258. The Bertz CT molecular complexity index is 1220. The molecule has 36 heavy (non-hydrogen) atoms. The summed E-state index contributed by atoms with van der Waals surface area (Å²) in [6.45, 7) is 4.47. The molecule has 0 spiro atoms. The van der Waals surface area contributed by atoms with Gasteiger partial charge in [0, 0.05) is 23.7 Å². The third-order valence-electron chi connectivity index (χ3n) is 10.0. The molecule has 6 rings (SSSR count). The zero-order valence-electron chi connectivity index (χ0n) is 21.5. The fourth-order valence-electron chi connectivity index (χ4n) is 8.43. The molecule has 0 saturated heterocycles. The second kappa shape index (κ2) is 8.54. The maximum atomic E-state index is 12.4. The maximum Gasteiger partial charge on any atom is 0.303 e. The van der Waals surface area contributed by atoms with E-state index >= 15 is 0 Å². The highest BCUT2D eigenvalue weighted by Gasteiger charge is 2.76. The van der Waals surface area contributed by atoms with Gasteiger partial charge < -0.3 is 14.2 Å². The first kappa shape index (κ1) is 23.4. The van der Waals surface area contributed by atoms with E-state index in [1.165, 1.54) is 11.1 Å². The van der Waals surface area contributed by atoms with Gasteiger partial charge in [0.1, 0.15) is 18.0 Å². The molecular weight excluding hydrogens is 448 g/mol. The molecule has 188 valence electrons. The summed E-state index contributed by atoms with van der Waals surface area (Å²) in [5.74, 6) is 1.91. The van der Waals surface area contributed by atoms with Gasteiger partial charge in [0.05, 0.1) is 13.4 Å². The number of esters is 1. The van der Waals surface area contributed by atoms with Gasteiger partial charge in [-0.05, 0) is 84.9 Å². The number of fused-ring (bicyclic) bond motifs is 3. The third-order valence-corrected chi connectivity index (χ3v) is 10.0. The Morgan fingerprint density at radius 1 is 1.11 bits per heavy atom. The molecule has 4 nitrogen and oxygen atoms in total. The summed E-state index contributed by atoms with van der Waals surface area (Å²) in [4.78, 5) is 12.4. The van der Waals surface area contributed by atoms with Crippen molar-refractivity contribution in [3.05, 3.63) is 89.7 Å². The summed E-state index contributed by atoms with van der Waals surface area (Å²) in [5, 5.41) is 0. The van der Waals surface area contributed by atoms with Crippen LogP contribution >= 0.6 is 0 Å². The molecule has 2 aromatic rings. The standard InChI is InChI=1S/C32H36O4/c1-22(33)36-32-17-16-31(20-25(32)14-18-35-21-23-7-5-4-6-8-23)29-12-9-24-19-26(34-3)10-11-27(24)28(29)13-15-30(31,32)2/h4-8,10-11,14,16-19,25,28-29H,9,12-13,15,20-21H2,1-3H3/b18-14+/t25-,28-,29-,30+,31+,32-/m1/s1. The molecule has 2 saturated carbocycles. The highest BCUT2D eigenvalue weighted by molar-refractivity contribution is 5.68. The minimum Gasteiger partial charge on any atom is -0.497 e. The van der Waals surface area contributed by atoms with E-state index in [1.807, 2.05) is 24.5 Å². The molecule has 0 aromatic heterocycles. The molecule has 0 amide bonds. The van der Waals surface area contributed by atoms with Crippen LogP contribution in [-0.2, 0) is 27.3 Å². The van der Waals surface area contributed by atoms with Crippen molar-refractivity contribution in [3.63, 3.8) is 0 Å². The molecule has 0 heterocycles. The van der Waals surface area contributed by atoms with E-state index in [2.05, 4.69) is 55.5 Å². The second-order valence-corrected chi connectivity index (χ2v) is 11.4. The summed E-state index contributed by atoms with van der Waals surface area (Å²) in [5.41, 5.74) is 3.35. The third kappa shape index (κ3) is 3.22. The number of hydrogen-bond donors (Lipinski definition) is 0. The van der Waals surface area contributed by atoms with E-state index in [0.29, 0.717) is 18.4 Å². The van der Waals surface area contributed by atoms with Crippen molar-refractivity contribution in [2.24, 2.45) is 22.7 Å². The van der Waals surface area contributed by atoms with Crippen molar-refractivity contribution in [2.75, 3.05) is 7.11 Å². The van der Waals surface area contributed by atoms with E-state index < -0.39 is 5.60 Å². The molecule has 4 aliphatic carbocycles. The number of benzene rings is 2. The highest BCUT2D eigenvalue weighted by atomic mass is 16.6. The van der Waals surface area contributed by atoms with Crippen molar-refractivity contribution in [3.8, 4) is 5.75 Å². The van der Waals surface area contributed by atoms with Gasteiger partial charge in [-0.3, -0.25) is 4.79 Å². The molecule has 2 fully saturated rings. The molecule has 0 N–H and O–H groups in total. The van der Waals surface area contributed by atoms with Crippen LogP contribution in [0.15, 0.2) is 73.0 Å². The zero-order valence-corrected chi connectivity index (χ0v) is 21.5. The van der Waals surface area contributed by atoms with Crippen molar-refractivity contribution < 1.29 is 19.0 Å². The molecule has 0 unspecified atom stereocenters. The average Bonchev–Trinajstić information content (AvgIpc) is 3.26. The van der Waals surface area contributed by atoms with Crippen LogP contribution in [0, 0.1) is 22.7 Å². The molecule has 4 heteroatoms. The summed E-state index contributed by atoms with van der Waals surface area (Å²) >= 11 is 0. The van der Waals surface area contributed by atoms with Crippen molar-refractivity contribution >= 4 is 5.97 Å². The topological polar surface area (TPSA) is 44.8 Å². The van der Waals surface area contributed by atoms with Gasteiger partial charge in [-0.15, -0.1) is 0 Å². The highest BCUT2D eigenvalue weighted by Crippen LogP contribution is 2.77. The Hall–Kier alpha value is -3.01. The first-order chi connectivity index (χ1) is 17.4. The van der Waals surface area contributed by atoms with Crippen molar-refractivity contribution in [2.45, 2.75) is 64.1 Å². The predicted octanol–water partition coefficient (Wildman–Crippen LogP) is 6.75. The minimum absolute atomic E-state index is 0.0113. The van der Waals surface area contributed by atoms with Gasteiger partial charge in [-0.25, -0.2) is 0 Å². The zero-order chi connectivity index (χ0) is 25.0. The molecule has 6 atom stereocenters. The van der Waals surface area contributed by atoms with E-state index in [0.717, 1.165) is 43.4 Å². The maximum absolute atomic E-state index is 12.4. The van der Waals surface area contributed by atoms with Gasteiger partial charge in [-0.2, -0.15) is 0 Å². The van der Waals surface area contributed by atoms with Gasteiger partial charge in [-0.1, -0.05) is 49.4 Å². The van der Waals surface area contributed by atoms with Crippen LogP contribution in [0.5, 0.6) is 5.75 Å². The van der Waals surface area contributed by atoms with Crippen LogP contribution in [0.2, 0.25) is 0 Å². The SMILES string of the molecule is COc1ccc2c(c1)CC[C@@H]1[C@@H]2CC[C@@]2(C)[C@]13C=C[C@@]2(OC(C)=O)[C@H](/C=C/OCc1ccccc1)C3. The fraction of sp³-hybridized carbons (Fsp3) is 0.469. The summed E-state index contributed by atoms with van der Waals surface area (Å²) < 4.78 is 17.8. The van der Waals surface area contributed by atoms with E-state index in [-0.39, 0.29) is 22.7 Å². The van der Waals surface area contributed by atoms with Gasteiger partial charge in [0.25, 0.3) is 0 Å². The van der Waals surface area contributed by atoms with E-state index in [1.54, 1.807) is 14.0 Å². The van der Waals surface area contributed by atoms with Crippen LogP contribution < -0.4 is 4.74 Å². The Kier molecular flexibility index (Phi) is 5.55. The normalized spacial score (nSPS) is 35.7.